The first-order chi connectivity index (χ1) is 8.93. The molecule has 0 aliphatic carbocycles. The number of hydrogen-bond acceptors (Lipinski definition) is 7. The number of esters is 1. The lowest BCUT2D eigenvalue weighted by atomic mass is 9.91. The Balaban J connectivity index is 2.27. The van der Waals surface area contributed by atoms with Gasteiger partial charge < -0.3 is 10.5 Å². The van der Waals surface area contributed by atoms with Crippen LogP contribution < -0.4 is 5.73 Å². The van der Waals surface area contributed by atoms with Crippen LogP contribution in [-0.2, 0) is 19.4 Å². The van der Waals surface area contributed by atoms with Gasteiger partial charge in [-0.15, -0.1) is 5.10 Å². The van der Waals surface area contributed by atoms with Gasteiger partial charge >= 0.3 is 5.97 Å². The van der Waals surface area contributed by atoms with Crippen LogP contribution in [0.3, 0.4) is 0 Å². The topological polar surface area (TPSA) is 128 Å². The molecule has 1 fully saturated rings. The van der Waals surface area contributed by atoms with Gasteiger partial charge in [-0.2, -0.15) is 4.98 Å². The summed E-state index contributed by atoms with van der Waals surface area (Å²) in [6.07, 6.45) is 0.409. The minimum Gasteiger partial charge on any atom is -0.465 e. The van der Waals surface area contributed by atoms with E-state index in [1.807, 2.05) is 0 Å². The minimum absolute atomic E-state index is 0.0187. The highest BCUT2D eigenvalue weighted by atomic mass is 32.2. The first kappa shape index (κ1) is 13.8. The highest BCUT2D eigenvalue weighted by Crippen LogP contribution is 2.32. The Morgan fingerprint density at radius 3 is 2.84 bits per heavy atom. The first-order valence-electron chi connectivity index (χ1n) is 5.97. The van der Waals surface area contributed by atoms with Gasteiger partial charge in [0, 0.05) is 0 Å². The average Bonchev–Trinajstić information content (AvgIpc) is 2.87. The number of aromatic nitrogens is 3. The summed E-state index contributed by atoms with van der Waals surface area (Å²) in [6, 6.07) is 0. The largest absolute Gasteiger partial charge is 0.465 e. The Morgan fingerprint density at radius 1 is 1.63 bits per heavy atom. The average molecular weight is 288 g/mol. The Bertz CT molecular complexity index is 568. The van der Waals surface area contributed by atoms with Gasteiger partial charge in [0.2, 0.25) is 5.95 Å². The number of nitrogen functional groups attached to an aromatic ring is 1. The van der Waals surface area contributed by atoms with Crippen molar-refractivity contribution < 1.29 is 17.9 Å². The summed E-state index contributed by atoms with van der Waals surface area (Å²) in [4.78, 5) is 15.9. The first-order valence-corrected chi connectivity index (χ1v) is 7.80. The third-order valence-corrected chi connectivity index (χ3v) is 4.89. The van der Waals surface area contributed by atoms with Crippen molar-refractivity contribution in [3.05, 3.63) is 5.82 Å². The van der Waals surface area contributed by atoms with Crippen LogP contribution in [0.4, 0.5) is 5.95 Å². The second-order valence-corrected chi connectivity index (χ2v) is 6.70. The molecule has 1 aromatic heterocycles. The van der Waals surface area contributed by atoms with Crippen molar-refractivity contribution in [2.75, 3.05) is 23.8 Å². The number of H-pyrrole nitrogens is 1. The van der Waals surface area contributed by atoms with E-state index < -0.39 is 21.7 Å². The second kappa shape index (κ2) is 5.16. The maximum atomic E-state index is 12.0. The van der Waals surface area contributed by atoms with Crippen LogP contribution in [-0.4, -0.2) is 47.7 Å². The smallest absolute Gasteiger partial charge is 0.316 e. The standard InChI is InChI=1S/C10H16N4O4S/c1-2-18-9(15)7(8-12-10(11)14-13-8)6-3-4-19(16,17)5-6/h6-7H,2-5H2,1H3,(H3,11,12,13,14). The molecule has 0 spiro atoms. The Labute approximate surface area is 110 Å². The van der Waals surface area contributed by atoms with Crippen LogP contribution in [0.1, 0.15) is 25.1 Å². The fourth-order valence-corrected chi connectivity index (χ4v) is 4.11. The van der Waals surface area contributed by atoms with E-state index >= 15 is 0 Å². The van der Waals surface area contributed by atoms with Crippen molar-refractivity contribution in [1.82, 2.24) is 15.2 Å². The predicted octanol–water partition coefficient (Wildman–Crippen LogP) is -0.532. The highest BCUT2D eigenvalue weighted by Gasteiger charge is 2.40. The van der Waals surface area contributed by atoms with Crippen molar-refractivity contribution in [1.29, 1.82) is 0 Å². The molecule has 1 aromatic rings. The van der Waals surface area contributed by atoms with E-state index in [4.69, 9.17) is 10.5 Å². The summed E-state index contributed by atoms with van der Waals surface area (Å²) in [7, 11) is -3.09. The lowest BCUT2D eigenvalue weighted by Crippen LogP contribution is -2.26. The van der Waals surface area contributed by atoms with E-state index in [0.717, 1.165) is 0 Å². The molecule has 2 unspecified atom stereocenters. The second-order valence-electron chi connectivity index (χ2n) is 4.47. The van der Waals surface area contributed by atoms with Gasteiger partial charge in [0.15, 0.2) is 9.84 Å². The number of carbonyl (C=O) groups excluding carboxylic acids is 1. The van der Waals surface area contributed by atoms with Gasteiger partial charge in [0.25, 0.3) is 0 Å². The van der Waals surface area contributed by atoms with E-state index in [2.05, 4.69) is 15.2 Å². The zero-order valence-electron chi connectivity index (χ0n) is 10.5. The lowest BCUT2D eigenvalue weighted by molar-refractivity contribution is -0.146. The van der Waals surface area contributed by atoms with Gasteiger partial charge in [-0.3, -0.25) is 9.89 Å². The van der Waals surface area contributed by atoms with Crippen molar-refractivity contribution in [2.45, 2.75) is 19.3 Å². The number of hydrogen-bond donors (Lipinski definition) is 2. The molecular weight excluding hydrogens is 272 g/mol. The molecule has 0 aromatic carbocycles. The molecule has 0 bridgehead atoms. The molecule has 1 saturated heterocycles. The minimum atomic E-state index is -3.09. The van der Waals surface area contributed by atoms with Gasteiger partial charge in [-0.05, 0) is 19.3 Å². The summed E-state index contributed by atoms with van der Waals surface area (Å²) in [5.41, 5.74) is 5.42. The van der Waals surface area contributed by atoms with Crippen molar-refractivity contribution in [3.8, 4) is 0 Å². The molecule has 0 amide bonds. The van der Waals surface area contributed by atoms with Crippen LogP contribution >= 0.6 is 0 Å². The van der Waals surface area contributed by atoms with Crippen LogP contribution in [0, 0.1) is 5.92 Å². The quantitative estimate of drug-likeness (QED) is 0.712. The van der Waals surface area contributed by atoms with Crippen molar-refractivity contribution in [2.24, 2.45) is 5.92 Å². The molecule has 2 atom stereocenters. The molecule has 19 heavy (non-hydrogen) atoms. The molecule has 3 N–H and O–H groups in total. The van der Waals surface area contributed by atoms with Gasteiger partial charge in [0.1, 0.15) is 11.7 Å². The molecule has 1 aliphatic rings. The third kappa shape index (κ3) is 3.03. The van der Waals surface area contributed by atoms with E-state index in [-0.39, 0.29) is 35.8 Å². The van der Waals surface area contributed by atoms with E-state index in [1.165, 1.54) is 0 Å². The van der Waals surface area contributed by atoms with E-state index in [9.17, 15) is 13.2 Å². The predicted molar refractivity (Wildman–Crippen MR) is 66.9 cm³/mol. The molecule has 1 aliphatic heterocycles. The molecule has 2 rings (SSSR count). The molecule has 106 valence electrons. The fourth-order valence-electron chi connectivity index (χ4n) is 2.27. The van der Waals surface area contributed by atoms with Crippen molar-refractivity contribution in [3.63, 3.8) is 0 Å². The number of aromatic amines is 1. The Morgan fingerprint density at radius 2 is 2.37 bits per heavy atom. The zero-order chi connectivity index (χ0) is 14.0. The summed E-state index contributed by atoms with van der Waals surface area (Å²) >= 11 is 0. The SMILES string of the molecule is CCOC(=O)C(c1nc(N)n[nH]1)C1CCS(=O)(=O)C1. The number of nitrogens with one attached hydrogen (secondary N) is 1. The highest BCUT2D eigenvalue weighted by molar-refractivity contribution is 7.91. The van der Waals surface area contributed by atoms with Gasteiger partial charge in [-0.25, -0.2) is 8.42 Å². The van der Waals surface area contributed by atoms with E-state index in [1.54, 1.807) is 6.92 Å². The van der Waals surface area contributed by atoms with Crippen LogP contribution in [0.25, 0.3) is 0 Å². The number of carbonyl (C=O) groups is 1. The van der Waals surface area contributed by atoms with Crippen molar-refractivity contribution >= 4 is 21.8 Å². The number of ether oxygens (including phenoxy) is 1. The number of nitrogens with zero attached hydrogens (tertiary/aromatic N) is 2. The molecule has 9 heteroatoms. The number of sulfone groups is 1. The summed E-state index contributed by atoms with van der Waals surface area (Å²) in [5.74, 6) is -1.30. The monoisotopic (exact) mass is 288 g/mol. The van der Waals surface area contributed by atoms with Crippen LogP contribution in [0.15, 0.2) is 0 Å². The molecule has 0 radical (unpaired) electrons. The zero-order valence-corrected chi connectivity index (χ0v) is 11.3. The molecule has 0 saturated carbocycles. The molecular formula is C10H16N4O4S. The molecule has 8 nitrogen and oxygen atoms in total. The van der Waals surface area contributed by atoms with E-state index in [0.29, 0.717) is 6.42 Å². The lowest BCUT2D eigenvalue weighted by Gasteiger charge is -2.18. The fraction of sp³-hybridized carbons (Fsp3) is 0.700. The number of anilines is 1. The number of nitrogens with two attached hydrogens (primary N) is 1. The summed E-state index contributed by atoms with van der Waals surface area (Å²) < 4.78 is 28.1. The maximum Gasteiger partial charge on any atom is 0.316 e. The summed E-state index contributed by atoms with van der Waals surface area (Å²) in [5, 5.41) is 6.24. The van der Waals surface area contributed by atoms with Gasteiger partial charge in [0.05, 0.1) is 18.1 Å². The third-order valence-electron chi connectivity index (χ3n) is 3.09. The Kier molecular flexibility index (Phi) is 3.74. The molecule has 2 heterocycles. The maximum absolute atomic E-state index is 12.0. The normalized spacial score (nSPS) is 23.1. The number of rotatable bonds is 4. The van der Waals surface area contributed by atoms with Crippen LogP contribution in [0.2, 0.25) is 0 Å². The Hall–Kier alpha value is -1.64. The summed E-state index contributed by atoms with van der Waals surface area (Å²) in [6.45, 7) is 1.91. The van der Waals surface area contributed by atoms with Gasteiger partial charge in [-0.1, -0.05) is 0 Å². The van der Waals surface area contributed by atoms with Crippen LogP contribution in [0.5, 0.6) is 0 Å².